The Bertz CT molecular complexity index is 484. The van der Waals surface area contributed by atoms with Crippen LogP contribution in [0.2, 0.25) is 0 Å². The average Bonchev–Trinajstić information content (AvgIpc) is 2.46. The zero-order valence-electron chi connectivity index (χ0n) is 7.50. The Balaban J connectivity index is 2.69. The van der Waals surface area contributed by atoms with Crippen molar-refractivity contribution in [3.63, 3.8) is 0 Å². The normalized spacial score (nSPS) is 11.3. The monoisotopic (exact) mass is 194 g/mol. The Morgan fingerprint density at radius 3 is 2.92 bits per heavy atom. The number of aromatic nitrogens is 2. The summed E-state index contributed by atoms with van der Waals surface area (Å²) >= 11 is 1.55. The fourth-order valence-electron chi connectivity index (χ4n) is 1.11. The molecule has 0 bridgehead atoms. The third kappa shape index (κ3) is 1.49. The van der Waals surface area contributed by atoms with Crippen molar-refractivity contribution >= 4 is 21.7 Å². The van der Waals surface area contributed by atoms with Gasteiger partial charge >= 0.3 is 0 Å². The van der Waals surface area contributed by atoms with E-state index in [1.54, 1.807) is 17.4 Å². The van der Waals surface area contributed by atoms with E-state index in [4.69, 9.17) is 0 Å². The molecule has 0 aliphatic carbocycles. The van der Waals surface area contributed by atoms with Gasteiger partial charge in [-0.25, -0.2) is 4.98 Å². The lowest BCUT2D eigenvalue weighted by Crippen LogP contribution is -2.00. The van der Waals surface area contributed by atoms with Crippen LogP contribution in [0.3, 0.4) is 0 Å². The third-order valence-electron chi connectivity index (χ3n) is 1.79. The maximum absolute atomic E-state index is 11.0. The Hall–Kier alpha value is -1.16. The number of aromatic amines is 1. The van der Waals surface area contributed by atoms with E-state index in [2.05, 4.69) is 23.8 Å². The van der Waals surface area contributed by atoms with E-state index in [9.17, 15) is 4.79 Å². The van der Waals surface area contributed by atoms with Crippen LogP contribution >= 0.6 is 11.3 Å². The van der Waals surface area contributed by atoms with Crippen LogP contribution in [-0.4, -0.2) is 9.97 Å². The maximum Gasteiger partial charge on any atom is 0.249 e. The zero-order chi connectivity index (χ0) is 9.42. The predicted molar refractivity (Wildman–Crippen MR) is 54.3 cm³/mol. The first-order valence-electron chi connectivity index (χ1n) is 4.16. The van der Waals surface area contributed by atoms with Gasteiger partial charge in [0, 0.05) is 12.0 Å². The van der Waals surface area contributed by atoms with Crippen molar-refractivity contribution in [3.8, 4) is 0 Å². The Morgan fingerprint density at radius 2 is 2.23 bits per heavy atom. The van der Waals surface area contributed by atoms with Crippen molar-refractivity contribution in [1.29, 1.82) is 0 Å². The lowest BCUT2D eigenvalue weighted by atomic mass is 10.2. The van der Waals surface area contributed by atoms with Crippen LogP contribution in [0.5, 0.6) is 0 Å². The van der Waals surface area contributed by atoms with Gasteiger partial charge < -0.3 is 4.98 Å². The number of H-pyrrole nitrogens is 1. The predicted octanol–water partition coefficient (Wildman–Crippen LogP) is 2.11. The standard InChI is InChI=1S/C9H10N2OS/c1-5(2)8-10-6-3-4-7(12)11-9(6)13-8/h3-5H,1-2H3,(H,11,12). The fraction of sp³-hybridized carbons (Fsp3) is 0.333. The van der Waals surface area contributed by atoms with E-state index in [1.807, 2.05) is 0 Å². The van der Waals surface area contributed by atoms with Gasteiger partial charge in [-0.15, -0.1) is 11.3 Å². The van der Waals surface area contributed by atoms with Crippen molar-refractivity contribution in [2.45, 2.75) is 19.8 Å². The molecule has 0 fully saturated rings. The molecule has 0 aliphatic rings. The summed E-state index contributed by atoms with van der Waals surface area (Å²) in [5, 5.41) is 1.07. The number of pyridine rings is 1. The molecule has 4 heteroatoms. The molecule has 0 amide bonds. The van der Waals surface area contributed by atoms with Gasteiger partial charge in [0.15, 0.2) is 0 Å². The van der Waals surface area contributed by atoms with Crippen LogP contribution in [0, 0.1) is 0 Å². The second-order valence-corrected chi connectivity index (χ2v) is 4.27. The Morgan fingerprint density at radius 1 is 1.46 bits per heavy atom. The summed E-state index contributed by atoms with van der Waals surface area (Å²) in [5.41, 5.74) is 0.819. The van der Waals surface area contributed by atoms with Crippen LogP contribution in [0.15, 0.2) is 16.9 Å². The zero-order valence-corrected chi connectivity index (χ0v) is 8.31. The maximum atomic E-state index is 11.0. The smallest absolute Gasteiger partial charge is 0.249 e. The van der Waals surface area contributed by atoms with Crippen molar-refractivity contribution in [2.75, 3.05) is 0 Å². The van der Waals surface area contributed by atoms with Gasteiger partial charge in [-0.1, -0.05) is 13.8 Å². The molecule has 0 spiro atoms. The van der Waals surface area contributed by atoms with Crippen molar-refractivity contribution < 1.29 is 0 Å². The molecular formula is C9H10N2OS. The van der Waals surface area contributed by atoms with Crippen LogP contribution in [0.1, 0.15) is 24.8 Å². The second-order valence-electron chi connectivity index (χ2n) is 3.24. The Kier molecular flexibility index (Phi) is 1.92. The first-order valence-corrected chi connectivity index (χ1v) is 4.98. The van der Waals surface area contributed by atoms with E-state index in [0.29, 0.717) is 5.92 Å². The highest BCUT2D eigenvalue weighted by Crippen LogP contribution is 2.24. The number of nitrogens with one attached hydrogen (secondary N) is 1. The summed E-state index contributed by atoms with van der Waals surface area (Å²) in [6, 6.07) is 3.27. The highest BCUT2D eigenvalue weighted by molar-refractivity contribution is 7.18. The van der Waals surface area contributed by atoms with Crippen molar-refractivity contribution in [2.24, 2.45) is 0 Å². The molecule has 0 unspecified atom stereocenters. The highest BCUT2D eigenvalue weighted by atomic mass is 32.1. The van der Waals surface area contributed by atoms with Crippen LogP contribution in [0.4, 0.5) is 0 Å². The van der Waals surface area contributed by atoms with Gasteiger partial charge in [-0.3, -0.25) is 4.79 Å². The van der Waals surface area contributed by atoms with E-state index in [-0.39, 0.29) is 5.56 Å². The molecule has 0 saturated heterocycles. The number of hydrogen-bond acceptors (Lipinski definition) is 3. The van der Waals surface area contributed by atoms with Crippen LogP contribution in [0.25, 0.3) is 10.3 Å². The molecule has 2 rings (SSSR count). The van der Waals surface area contributed by atoms with Crippen LogP contribution in [-0.2, 0) is 0 Å². The lowest BCUT2D eigenvalue weighted by Gasteiger charge is -1.94. The fourth-order valence-corrected chi connectivity index (χ4v) is 2.07. The van der Waals surface area contributed by atoms with Gasteiger partial charge in [0.1, 0.15) is 4.83 Å². The summed E-state index contributed by atoms with van der Waals surface area (Å²) in [6.07, 6.45) is 0. The molecule has 0 radical (unpaired) electrons. The first-order chi connectivity index (χ1) is 6.16. The minimum absolute atomic E-state index is 0.0635. The molecule has 0 aromatic carbocycles. The minimum Gasteiger partial charge on any atom is -0.312 e. The van der Waals surface area contributed by atoms with Crippen LogP contribution < -0.4 is 5.56 Å². The highest BCUT2D eigenvalue weighted by Gasteiger charge is 2.06. The number of nitrogens with zero attached hydrogens (tertiary/aromatic N) is 1. The van der Waals surface area contributed by atoms with Gasteiger partial charge in [-0.2, -0.15) is 0 Å². The molecule has 0 aliphatic heterocycles. The number of rotatable bonds is 1. The Labute approximate surface area is 79.4 Å². The molecule has 0 saturated carbocycles. The molecule has 13 heavy (non-hydrogen) atoms. The van der Waals surface area contributed by atoms with Gasteiger partial charge in [0.25, 0.3) is 0 Å². The topological polar surface area (TPSA) is 45.8 Å². The third-order valence-corrected chi connectivity index (χ3v) is 3.08. The summed E-state index contributed by atoms with van der Waals surface area (Å²) in [7, 11) is 0. The molecule has 2 aromatic heterocycles. The van der Waals surface area contributed by atoms with Gasteiger partial charge in [0.05, 0.1) is 10.5 Å². The molecular weight excluding hydrogens is 184 g/mol. The minimum atomic E-state index is -0.0635. The van der Waals surface area contributed by atoms with E-state index in [0.717, 1.165) is 15.4 Å². The summed E-state index contributed by atoms with van der Waals surface area (Å²) in [5.74, 6) is 0.418. The van der Waals surface area contributed by atoms with E-state index < -0.39 is 0 Å². The number of hydrogen-bond donors (Lipinski definition) is 1. The molecule has 0 atom stereocenters. The quantitative estimate of drug-likeness (QED) is 0.755. The van der Waals surface area contributed by atoms with E-state index in [1.165, 1.54) is 6.07 Å². The van der Waals surface area contributed by atoms with Gasteiger partial charge in [0.2, 0.25) is 5.56 Å². The number of fused-ring (bicyclic) bond motifs is 1. The largest absolute Gasteiger partial charge is 0.312 e. The average molecular weight is 194 g/mol. The van der Waals surface area contributed by atoms with Crippen molar-refractivity contribution in [1.82, 2.24) is 9.97 Å². The number of thiazole rings is 1. The first kappa shape index (κ1) is 8.44. The molecule has 3 nitrogen and oxygen atoms in total. The van der Waals surface area contributed by atoms with E-state index >= 15 is 0 Å². The molecule has 2 heterocycles. The molecule has 1 N–H and O–H groups in total. The summed E-state index contributed by atoms with van der Waals surface area (Å²) < 4.78 is 0. The SMILES string of the molecule is CC(C)c1nc2ccc(=O)[nH]c2s1. The summed E-state index contributed by atoms with van der Waals surface area (Å²) in [6.45, 7) is 4.19. The summed E-state index contributed by atoms with van der Waals surface area (Å²) in [4.78, 5) is 19.0. The van der Waals surface area contributed by atoms with Crippen molar-refractivity contribution in [3.05, 3.63) is 27.5 Å². The second kappa shape index (κ2) is 2.96. The van der Waals surface area contributed by atoms with Gasteiger partial charge in [-0.05, 0) is 6.07 Å². The molecule has 68 valence electrons. The molecule has 2 aromatic rings. The lowest BCUT2D eigenvalue weighted by molar-refractivity contribution is 0.857.